The molecule has 0 amide bonds. The number of pyridine rings is 1. The van der Waals surface area contributed by atoms with Crippen molar-refractivity contribution in [2.24, 2.45) is 0 Å². The van der Waals surface area contributed by atoms with E-state index in [1.54, 1.807) is 24.7 Å². The van der Waals surface area contributed by atoms with Crippen molar-refractivity contribution in [1.82, 2.24) is 15.0 Å². The summed E-state index contributed by atoms with van der Waals surface area (Å²) in [4.78, 5) is 17.7. The van der Waals surface area contributed by atoms with E-state index in [9.17, 15) is 0 Å². The monoisotopic (exact) mass is 359 g/mol. The first-order valence-corrected chi connectivity index (χ1v) is 8.48. The van der Waals surface area contributed by atoms with Gasteiger partial charge in [0.05, 0.1) is 21.8 Å². The van der Waals surface area contributed by atoms with Crippen LogP contribution in [-0.2, 0) is 0 Å². The molecule has 24 heavy (non-hydrogen) atoms. The number of hydrogen-bond acceptors (Lipinski definition) is 5. The molecule has 1 fully saturated rings. The Morgan fingerprint density at radius 2 is 1.54 bits per heavy atom. The van der Waals surface area contributed by atoms with E-state index in [4.69, 9.17) is 28.2 Å². The van der Waals surface area contributed by atoms with Gasteiger partial charge in [-0.05, 0) is 18.2 Å². The molecule has 1 aliphatic rings. The van der Waals surface area contributed by atoms with E-state index in [0.29, 0.717) is 10.0 Å². The van der Waals surface area contributed by atoms with Crippen molar-refractivity contribution in [3.63, 3.8) is 0 Å². The molecule has 1 saturated heterocycles. The van der Waals surface area contributed by atoms with Crippen LogP contribution in [0.3, 0.4) is 0 Å². The van der Waals surface area contributed by atoms with Crippen molar-refractivity contribution in [3.8, 4) is 0 Å². The normalized spacial score (nSPS) is 15.1. The van der Waals surface area contributed by atoms with Crippen LogP contribution in [0.5, 0.6) is 0 Å². The number of nitrogens with zero attached hydrogens (tertiary/aromatic N) is 5. The van der Waals surface area contributed by atoms with Gasteiger partial charge in [-0.3, -0.25) is 4.98 Å². The molecule has 5 nitrogen and oxygen atoms in total. The molecule has 7 heteroatoms. The minimum Gasteiger partial charge on any atom is -0.353 e. The maximum Gasteiger partial charge on any atom is 0.147 e. The second-order valence-corrected chi connectivity index (χ2v) is 6.43. The zero-order chi connectivity index (χ0) is 16.5. The number of anilines is 2. The van der Waals surface area contributed by atoms with Gasteiger partial charge in [0.25, 0.3) is 0 Å². The maximum atomic E-state index is 6.30. The van der Waals surface area contributed by atoms with Gasteiger partial charge < -0.3 is 9.80 Å². The quantitative estimate of drug-likeness (QED) is 0.698. The third-order valence-corrected chi connectivity index (χ3v) is 5.01. The summed E-state index contributed by atoms with van der Waals surface area (Å²) < 4.78 is 0. The molecular weight excluding hydrogens is 345 g/mol. The SMILES string of the molecule is Clc1ccc2ccc(N3CCN(c4cnccn4)CC3)nc2c1Cl. The molecule has 3 heterocycles. The minimum absolute atomic E-state index is 0.509. The molecule has 0 bridgehead atoms. The molecule has 3 aromatic rings. The number of aromatic nitrogens is 3. The molecule has 0 saturated carbocycles. The lowest BCUT2D eigenvalue weighted by Gasteiger charge is -2.35. The van der Waals surface area contributed by atoms with E-state index in [1.807, 2.05) is 18.2 Å². The molecule has 0 unspecified atom stereocenters. The number of fused-ring (bicyclic) bond motifs is 1. The van der Waals surface area contributed by atoms with Crippen LogP contribution in [0, 0.1) is 0 Å². The van der Waals surface area contributed by atoms with Crippen molar-refractivity contribution in [1.29, 1.82) is 0 Å². The lowest BCUT2D eigenvalue weighted by atomic mass is 10.2. The highest BCUT2D eigenvalue weighted by atomic mass is 35.5. The minimum atomic E-state index is 0.509. The molecule has 0 N–H and O–H groups in total. The van der Waals surface area contributed by atoms with Crippen LogP contribution in [0.1, 0.15) is 0 Å². The van der Waals surface area contributed by atoms with Gasteiger partial charge in [0.15, 0.2) is 0 Å². The molecule has 2 aromatic heterocycles. The zero-order valence-electron chi connectivity index (χ0n) is 12.9. The molecule has 122 valence electrons. The Bertz CT molecular complexity index is 863. The van der Waals surface area contributed by atoms with E-state index in [-0.39, 0.29) is 0 Å². The summed E-state index contributed by atoms with van der Waals surface area (Å²) in [5.74, 6) is 1.84. The Kier molecular flexibility index (Phi) is 4.12. The highest BCUT2D eigenvalue weighted by Crippen LogP contribution is 2.31. The fraction of sp³-hybridized carbons (Fsp3) is 0.235. The smallest absolute Gasteiger partial charge is 0.147 e. The van der Waals surface area contributed by atoms with Crippen LogP contribution >= 0.6 is 23.2 Å². The highest BCUT2D eigenvalue weighted by molar-refractivity contribution is 6.45. The summed E-state index contributed by atoms with van der Waals surface area (Å²) in [6.45, 7) is 3.49. The number of rotatable bonds is 2. The van der Waals surface area contributed by atoms with Gasteiger partial charge in [-0.1, -0.05) is 29.3 Å². The molecule has 0 spiro atoms. The van der Waals surface area contributed by atoms with E-state index in [1.165, 1.54) is 0 Å². The number of hydrogen-bond donors (Lipinski definition) is 0. The Morgan fingerprint density at radius 3 is 2.25 bits per heavy atom. The van der Waals surface area contributed by atoms with Crippen molar-refractivity contribution in [2.75, 3.05) is 36.0 Å². The Labute approximate surface area is 149 Å². The average Bonchev–Trinajstić information content (AvgIpc) is 2.65. The van der Waals surface area contributed by atoms with Gasteiger partial charge in [-0.25, -0.2) is 9.97 Å². The predicted molar refractivity (Wildman–Crippen MR) is 98.2 cm³/mol. The Balaban J connectivity index is 1.55. The topological polar surface area (TPSA) is 45.2 Å². The Hall–Kier alpha value is -2.11. The van der Waals surface area contributed by atoms with E-state index in [0.717, 1.165) is 48.7 Å². The number of piperazine rings is 1. The lowest BCUT2D eigenvalue weighted by Crippen LogP contribution is -2.47. The largest absolute Gasteiger partial charge is 0.353 e. The first-order valence-electron chi connectivity index (χ1n) is 7.73. The second kappa shape index (κ2) is 6.42. The molecule has 4 rings (SSSR count). The summed E-state index contributed by atoms with van der Waals surface area (Å²) in [6.07, 6.45) is 5.21. The summed E-state index contributed by atoms with van der Waals surface area (Å²) in [7, 11) is 0. The average molecular weight is 360 g/mol. The molecule has 1 aliphatic heterocycles. The first-order chi connectivity index (χ1) is 11.7. The molecule has 0 atom stereocenters. The van der Waals surface area contributed by atoms with Gasteiger partial charge in [-0.2, -0.15) is 0 Å². The zero-order valence-corrected chi connectivity index (χ0v) is 14.4. The van der Waals surface area contributed by atoms with Gasteiger partial charge in [0.2, 0.25) is 0 Å². The van der Waals surface area contributed by atoms with Crippen LogP contribution in [-0.4, -0.2) is 41.1 Å². The fourth-order valence-electron chi connectivity index (χ4n) is 2.91. The van der Waals surface area contributed by atoms with Crippen LogP contribution in [0.2, 0.25) is 10.0 Å². The van der Waals surface area contributed by atoms with Crippen LogP contribution in [0.25, 0.3) is 10.9 Å². The predicted octanol–water partition coefficient (Wildman–Crippen LogP) is 3.66. The third kappa shape index (κ3) is 2.85. The van der Waals surface area contributed by atoms with E-state index in [2.05, 4.69) is 19.8 Å². The fourth-order valence-corrected chi connectivity index (χ4v) is 3.28. The van der Waals surface area contributed by atoms with E-state index < -0.39 is 0 Å². The van der Waals surface area contributed by atoms with Gasteiger partial charge in [0, 0.05) is 44.0 Å². The number of halogens is 2. The van der Waals surface area contributed by atoms with Crippen molar-refractivity contribution in [3.05, 3.63) is 52.9 Å². The summed E-state index contributed by atoms with van der Waals surface area (Å²) in [5, 5.41) is 2.03. The van der Waals surface area contributed by atoms with Crippen molar-refractivity contribution in [2.45, 2.75) is 0 Å². The standard InChI is InChI=1S/C17H15Cl2N5/c18-13-3-1-12-2-4-14(22-17(12)16(13)19)23-7-9-24(10-8-23)15-11-20-5-6-21-15/h1-6,11H,7-10H2. The highest BCUT2D eigenvalue weighted by Gasteiger charge is 2.19. The van der Waals surface area contributed by atoms with Crippen molar-refractivity contribution >= 4 is 45.7 Å². The summed E-state index contributed by atoms with van der Waals surface area (Å²) >= 11 is 12.4. The molecular formula is C17H15Cl2N5. The van der Waals surface area contributed by atoms with Crippen molar-refractivity contribution < 1.29 is 0 Å². The second-order valence-electron chi connectivity index (χ2n) is 5.64. The third-order valence-electron chi connectivity index (χ3n) is 4.22. The molecule has 0 radical (unpaired) electrons. The Morgan fingerprint density at radius 1 is 0.833 bits per heavy atom. The lowest BCUT2D eigenvalue weighted by molar-refractivity contribution is 0.641. The van der Waals surface area contributed by atoms with Gasteiger partial charge >= 0.3 is 0 Å². The van der Waals surface area contributed by atoms with Gasteiger partial charge in [-0.15, -0.1) is 0 Å². The van der Waals surface area contributed by atoms with Crippen LogP contribution in [0.4, 0.5) is 11.6 Å². The van der Waals surface area contributed by atoms with Gasteiger partial charge in [0.1, 0.15) is 11.6 Å². The summed E-state index contributed by atoms with van der Waals surface area (Å²) in [6, 6.07) is 7.80. The first kappa shape index (κ1) is 15.4. The molecule has 1 aromatic carbocycles. The number of benzene rings is 1. The van der Waals surface area contributed by atoms with Crippen LogP contribution in [0.15, 0.2) is 42.9 Å². The van der Waals surface area contributed by atoms with E-state index >= 15 is 0 Å². The maximum absolute atomic E-state index is 6.30. The van der Waals surface area contributed by atoms with Crippen LogP contribution < -0.4 is 9.80 Å². The summed E-state index contributed by atoms with van der Waals surface area (Å²) in [5.41, 5.74) is 0.748. The molecule has 0 aliphatic carbocycles.